The average Bonchev–Trinajstić information content (AvgIpc) is 3.05. The minimum atomic E-state index is -0.562. The molecule has 1 unspecified atom stereocenters. The summed E-state index contributed by atoms with van der Waals surface area (Å²) < 4.78 is 13.3. The first-order valence-corrected chi connectivity index (χ1v) is 7.66. The molecule has 4 heteroatoms. The molecule has 1 fully saturated rings. The second-order valence-corrected chi connectivity index (χ2v) is 6.12. The third kappa shape index (κ3) is 2.10. The van der Waals surface area contributed by atoms with Crippen molar-refractivity contribution in [3.63, 3.8) is 0 Å². The maximum Gasteiger partial charge on any atom is 0.239 e. The molecule has 0 aromatic heterocycles. The Bertz CT molecular complexity index is 654. The van der Waals surface area contributed by atoms with Gasteiger partial charge in [0.25, 0.3) is 0 Å². The number of likely N-dealkylation sites (N-methyl/N-ethyl adjacent to an activating group) is 1. The molecule has 116 valence electrons. The lowest BCUT2D eigenvalue weighted by molar-refractivity contribution is -0.122. The summed E-state index contributed by atoms with van der Waals surface area (Å²) in [7, 11) is 0. The lowest BCUT2D eigenvalue weighted by Crippen LogP contribution is -2.43. The number of fused-ring (bicyclic) bond motifs is 2. The van der Waals surface area contributed by atoms with E-state index < -0.39 is 11.2 Å². The predicted molar refractivity (Wildman–Crippen MR) is 86.6 cm³/mol. The number of carbonyl (C=O) groups is 1. The molecule has 22 heavy (non-hydrogen) atoms. The molecule has 3 rings (SSSR count). The molecule has 0 radical (unpaired) electrons. The zero-order valence-electron chi connectivity index (χ0n) is 12.9. The maximum absolute atomic E-state index is 13.3. The van der Waals surface area contributed by atoms with E-state index in [2.05, 4.69) is 25.0 Å². The van der Waals surface area contributed by atoms with Crippen LogP contribution in [0.5, 0.6) is 0 Å². The third-order valence-corrected chi connectivity index (χ3v) is 4.89. The van der Waals surface area contributed by atoms with Crippen molar-refractivity contribution in [2.75, 3.05) is 31.1 Å². The molecule has 0 saturated carbocycles. The minimum absolute atomic E-state index is 0.0621. The van der Waals surface area contributed by atoms with Crippen molar-refractivity contribution >= 4 is 11.6 Å². The van der Waals surface area contributed by atoms with Gasteiger partial charge in [-0.3, -0.25) is 4.79 Å². The SMILES string of the molecule is C=C(F)C(=C)CN1C(=O)C2(CCN(CC)C2)c2ccccc21. The fraction of sp³-hybridized carbons (Fsp3) is 0.389. The van der Waals surface area contributed by atoms with Crippen LogP contribution >= 0.6 is 0 Å². The van der Waals surface area contributed by atoms with Gasteiger partial charge < -0.3 is 9.80 Å². The van der Waals surface area contributed by atoms with Crippen molar-refractivity contribution in [1.82, 2.24) is 4.90 Å². The maximum atomic E-state index is 13.3. The van der Waals surface area contributed by atoms with E-state index in [4.69, 9.17) is 0 Å². The van der Waals surface area contributed by atoms with E-state index in [1.54, 1.807) is 4.90 Å². The molecule has 1 aromatic carbocycles. The number of carbonyl (C=O) groups excluding carboxylic acids is 1. The summed E-state index contributed by atoms with van der Waals surface area (Å²) >= 11 is 0. The number of amides is 1. The second-order valence-electron chi connectivity index (χ2n) is 6.12. The number of halogens is 1. The van der Waals surface area contributed by atoms with Gasteiger partial charge in [0.15, 0.2) is 0 Å². The number of benzene rings is 1. The van der Waals surface area contributed by atoms with Crippen LogP contribution < -0.4 is 4.90 Å². The molecule has 1 aromatic rings. The van der Waals surface area contributed by atoms with E-state index in [9.17, 15) is 9.18 Å². The summed E-state index contributed by atoms with van der Waals surface area (Å²) in [6.45, 7) is 11.8. The number of rotatable bonds is 4. The van der Waals surface area contributed by atoms with Crippen LogP contribution in [0.15, 0.2) is 48.8 Å². The van der Waals surface area contributed by atoms with Gasteiger partial charge in [-0.25, -0.2) is 4.39 Å². The lowest BCUT2D eigenvalue weighted by Gasteiger charge is -2.24. The van der Waals surface area contributed by atoms with Crippen LogP contribution in [0.25, 0.3) is 0 Å². The van der Waals surface area contributed by atoms with Crippen molar-refractivity contribution in [1.29, 1.82) is 0 Å². The van der Waals surface area contributed by atoms with Crippen LogP contribution in [0.4, 0.5) is 10.1 Å². The first-order chi connectivity index (χ1) is 10.5. The largest absolute Gasteiger partial charge is 0.307 e. The number of hydrogen-bond acceptors (Lipinski definition) is 2. The van der Waals surface area contributed by atoms with Crippen molar-refractivity contribution in [3.05, 3.63) is 54.4 Å². The first kappa shape index (κ1) is 15.0. The molecule has 2 heterocycles. The van der Waals surface area contributed by atoms with Gasteiger partial charge in [0.2, 0.25) is 5.91 Å². The van der Waals surface area contributed by atoms with Crippen LogP contribution in [-0.4, -0.2) is 37.0 Å². The van der Waals surface area contributed by atoms with Crippen molar-refractivity contribution in [2.24, 2.45) is 0 Å². The quantitative estimate of drug-likeness (QED) is 0.798. The number of nitrogens with zero attached hydrogens (tertiary/aromatic N) is 2. The van der Waals surface area contributed by atoms with Gasteiger partial charge >= 0.3 is 0 Å². The second kappa shape index (κ2) is 5.36. The molecule has 0 bridgehead atoms. The summed E-state index contributed by atoms with van der Waals surface area (Å²) in [5.74, 6) is -0.500. The van der Waals surface area contributed by atoms with Crippen molar-refractivity contribution in [3.8, 4) is 0 Å². The van der Waals surface area contributed by atoms with Crippen molar-refractivity contribution < 1.29 is 9.18 Å². The highest BCUT2D eigenvalue weighted by atomic mass is 19.1. The summed E-state index contributed by atoms with van der Waals surface area (Å²) in [5.41, 5.74) is 1.72. The van der Waals surface area contributed by atoms with Crippen LogP contribution in [0.1, 0.15) is 18.9 Å². The molecule has 0 N–H and O–H groups in total. The Morgan fingerprint density at radius 2 is 2.09 bits per heavy atom. The molecule has 1 spiro atoms. The summed E-state index contributed by atoms with van der Waals surface area (Å²) in [5, 5.41) is 0. The number of para-hydroxylation sites is 1. The van der Waals surface area contributed by atoms with Gasteiger partial charge in [-0.05, 0) is 36.7 Å². The zero-order chi connectivity index (χ0) is 15.9. The molecular formula is C18H21FN2O. The smallest absolute Gasteiger partial charge is 0.239 e. The lowest BCUT2D eigenvalue weighted by atomic mass is 9.81. The molecule has 2 aliphatic rings. The van der Waals surface area contributed by atoms with E-state index in [1.165, 1.54) is 0 Å². The first-order valence-electron chi connectivity index (χ1n) is 7.66. The average molecular weight is 300 g/mol. The van der Waals surface area contributed by atoms with Gasteiger partial charge in [0, 0.05) is 12.2 Å². The van der Waals surface area contributed by atoms with Gasteiger partial charge in [-0.1, -0.05) is 38.3 Å². The Morgan fingerprint density at radius 1 is 1.36 bits per heavy atom. The molecule has 3 nitrogen and oxygen atoms in total. The highest BCUT2D eigenvalue weighted by molar-refractivity contribution is 6.09. The fourth-order valence-electron chi connectivity index (χ4n) is 3.58. The molecular weight excluding hydrogens is 279 g/mol. The van der Waals surface area contributed by atoms with E-state index in [1.807, 2.05) is 24.3 Å². The Hall–Kier alpha value is -1.94. The Labute approximate surface area is 130 Å². The predicted octanol–water partition coefficient (Wildman–Crippen LogP) is 3.04. The van der Waals surface area contributed by atoms with Gasteiger partial charge in [-0.2, -0.15) is 0 Å². The minimum Gasteiger partial charge on any atom is -0.307 e. The van der Waals surface area contributed by atoms with Gasteiger partial charge in [0.05, 0.1) is 12.0 Å². The highest BCUT2D eigenvalue weighted by Crippen LogP contribution is 2.47. The number of hydrogen-bond donors (Lipinski definition) is 0. The molecule has 1 atom stereocenters. The Balaban J connectivity index is 2.00. The standard InChI is InChI=1S/C18H21FN2O/c1-4-20-10-9-18(12-20)15-7-5-6-8-16(15)21(17(18)22)11-13(2)14(3)19/h5-8H,2-4,9-12H2,1H3. The van der Waals surface area contributed by atoms with Gasteiger partial charge in [-0.15, -0.1) is 0 Å². The Morgan fingerprint density at radius 3 is 2.73 bits per heavy atom. The van der Waals surface area contributed by atoms with Gasteiger partial charge in [0.1, 0.15) is 5.83 Å². The topological polar surface area (TPSA) is 23.6 Å². The summed E-state index contributed by atoms with van der Waals surface area (Å²) in [6, 6.07) is 7.84. The molecule has 2 aliphatic heterocycles. The van der Waals surface area contributed by atoms with Crippen molar-refractivity contribution in [2.45, 2.75) is 18.8 Å². The van der Waals surface area contributed by atoms with E-state index in [0.29, 0.717) is 0 Å². The van der Waals surface area contributed by atoms with E-state index in [0.717, 1.165) is 37.3 Å². The normalized spacial score (nSPS) is 24.1. The van der Waals surface area contributed by atoms with E-state index in [-0.39, 0.29) is 18.0 Å². The van der Waals surface area contributed by atoms with Crippen LogP contribution in [0.3, 0.4) is 0 Å². The molecule has 1 saturated heterocycles. The third-order valence-electron chi connectivity index (χ3n) is 4.89. The summed E-state index contributed by atoms with van der Waals surface area (Å²) in [4.78, 5) is 17.1. The summed E-state index contributed by atoms with van der Waals surface area (Å²) in [6.07, 6.45) is 0.816. The number of anilines is 1. The van der Waals surface area contributed by atoms with Crippen LogP contribution in [0.2, 0.25) is 0 Å². The Kier molecular flexibility index (Phi) is 3.65. The zero-order valence-corrected chi connectivity index (χ0v) is 12.9. The number of likely N-dealkylation sites (tertiary alicyclic amines) is 1. The van der Waals surface area contributed by atoms with E-state index >= 15 is 0 Å². The monoisotopic (exact) mass is 300 g/mol. The molecule has 0 aliphatic carbocycles. The molecule has 1 amide bonds. The highest BCUT2D eigenvalue weighted by Gasteiger charge is 2.53. The van der Waals surface area contributed by atoms with Crippen LogP contribution in [-0.2, 0) is 10.2 Å². The van der Waals surface area contributed by atoms with Crippen LogP contribution in [0, 0.1) is 0 Å². The fourth-order valence-corrected chi connectivity index (χ4v) is 3.58.